The van der Waals surface area contributed by atoms with Gasteiger partial charge in [0.1, 0.15) is 12.1 Å². The highest BCUT2D eigenvalue weighted by Crippen LogP contribution is 2.29. The molecule has 2 heterocycles. The second-order valence-corrected chi connectivity index (χ2v) is 6.29. The minimum atomic E-state index is -4.35. The van der Waals surface area contributed by atoms with E-state index in [0.717, 1.165) is 5.56 Å². The van der Waals surface area contributed by atoms with Crippen LogP contribution in [0, 0.1) is 6.92 Å². The van der Waals surface area contributed by atoms with Crippen molar-refractivity contribution >= 4 is 23.4 Å². The topological polar surface area (TPSA) is 100 Å². The number of benzene rings is 1. The highest BCUT2D eigenvalue weighted by Gasteiger charge is 2.27. The molecule has 0 bridgehead atoms. The molecular formula is C18H19F3N6O2. The molecule has 2 aromatic rings. The number of hydrogen-bond donors (Lipinski definition) is 4. The summed E-state index contributed by atoms with van der Waals surface area (Å²) in [7, 11) is 0. The van der Waals surface area contributed by atoms with Crippen molar-refractivity contribution in [2.24, 2.45) is 0 Å². The van der Waals surface area contributed by atoms with Gasteiger partial charge in [-0.3, -0.25) is 4.79 Å². The van der Waals surface area contributed by atoms with E-state index < -0.39 is 18.6 Å². The van der Waals surface area contributed by atoms with Crippen LogP contribution in [0.3, 0.4) is 0 Å². The quantitative estimate of drug-likeness (QED) is 0.559. The lowest BCUT2D eigenvalue weighted by atomic mass is 10.2. The van der Waals surface area contributed by atoms with Gasteiger partial charge in [0.15, 0.2) is 12.5 Å². The Kier molecular flexibility index (Phi) is 5.76. The summed E-state index contributed by atoms with van der Waals surface area (Å²) in [5.41, 5.74) is 1.95. The number of ether oxygens (including phenoxy) is 1. The molecule has 0 fully saturated rings. The number of aromatic nitrogens is 2. The fourth-order valence-electron chi connectivity index (χ4n) is 2.51. The standard InChI is InChI=1S/C18H19F3N6O2/c1-10-4-3-5-12(6-10)25-14-13-15(28)24-9-29-16(13)27-17(26-14)22-7-11(2)23-8-18(19,20)21/h3-6,23H,2,7-9H2,1H3,(H,24,28)(H2,22,25,26,27). The van der Waals surface area contributed by atoms with E-state index >= 15 is 0 Å². The predicted octanol–water partition coefficient (Wildman–Crippen LogP) is 2.69. The third-order valence-electron chi connectivity index (χ3n) is 3.82. The van der Waals surface area contributed by atoms with Crippen LogP contribution in [0.5, 0.6) is 5.88 Å². The maximum atomic E-state index is 12.3. The molecular weight excluding hydrogens is 389 g/mol. The number of aryl methyl sites for hydroxylation is 1. The smallest absolute Gasteiger partial charge is 0.405 e. The second kappa shape index (κ2) is 8.25. The molecule has 1 aliphatic rings. The summed E-state index contributed by atoms with van der Waals surface area (Å²) in [6.45, 7) is 4.16. The maximum Gasteiger partial charge on any atom is 0.405 e. The molecule has 29 heavy (non-hydrogen) atoms. The normalized spacial score (nSPS) is 13.0. The molecule has 1 amide bonds. The first-order chi connectivity index (χ1) is 13.7. The minimum absolute atomic E-state index is 0.0496. The van der Waals surface area contributed by atoms with Crippen molar-refractivity contribution in [1.29, 1.82) is 0 Å². The number of nitrogens with one attached hydrogen (secondary N) is 4. The molecule has 0 radical (unpaired) electrons. The van der Waals surface area contributed by atoms with Crippen LogP contribution in [0.4, 0.5) is 30.6 Å². The number of rotatable bonds is 7. The Balaban J connectivity index is 1.80. The molecule has 0 saturated carbocycles. The number of fused-ring (bicyclic) bond motifs is 1. The lowest BCUT2D eigenvalue weighted by Gasteiger charge is -2.21. The Morgan fingerprint density at radius 1 is 1.34 bits per heavy atom. The molecule has 1 aliphatic heterocycles. The Hall–Kier alpha value is -3.50. The van der Waals surface area contributed by atoms with Crippen LogP contribution in [-0.4, -0.2) is 41.9 Å². The van der Waals surface area contributed by atoms with Crippen molar-refractivity contribution in [1.82, 2.24) is 20.6 Å². The molecule has 8 nitrogen and oxygen atoms in total. The zero-order valence-electron chi connectivity index (χ0n) is 15.5. The summed E-state index contributed by atoms with van der Waals surface area (Å²) in [4.78, 5) is 20.7. The molecule has 0 unspecified atom stereocenters. The molecule has 0 aliphatic carbocycles. The van der Waals surface area contributed by atoms with Gasteiger partial charge in [-0.2, -0.15) is 23.1 Å². The van der Waals surface area contributed by atoms with Gasteiger partial charge in [0.2, 0.25) is 11.8 Å². The predicted molar refractivity (Wildman–Crippen MR) is 101 cm³/mol. The fourth-order valence-corrected chi connectivity index (χ4v) is 2.51. The van der Waals surface area contributed by atoms with Gasteiger partial charge in [-0.05, 0) is 24.6 Å². The Morgan fingerprint density at radius 3 is 2.86 bits per heavy atom. The molecule has 11 heteroatoms. The van der Waals surface area contributed by atoms with Crippen molar-refractivity contribution in [2.45, 2.75) is 13.1 Å². The van der Waals surface area contributed by atoms with E-state index in [2.05, 4.69) is 37.8 Å². The third-order valence-corrected chi connectivity index (χ3v) is 3.82. The van der Waals surface area contributed by atoms with Crippen LogP contribution in [0.1, 0.15) is 15.9 Å². The molecule has 0 atom stereocenters. The van der Waals surface area contributed by atoms with Gasteiger partial charge < -0.3 is 26.0 Å². The lowest BCUT2D eigenvalue weighted by molar-refractivity contribution is -0.123. The zero-order chi connectivity index (χ0) is 21.0. The molecule has 1 aromatic heterocycles. The van der Waals surface area contributed by atoms with E-state index in [1.807, 2.05) is 25.1 Å². The van der Waals surface area contributed by atoms with Gasteiger partial charge in [0.05, 0.1) is 6.54 Å². The van der Waals surface area contributed by atoms with Gasteiger partial charge in [-0.25, -0.2) is 0 Å². The highest BCUT2D eigenvalue weighted by atomic mass is 19.4. The number of anilines is 3. The number of carbonyl (C=O) groups excluding carboxylic acids is 1. The monoisotopic (exact) mass is 408 g/mol. The van der Waals surface area contributed by atoms with E-state index in [9.17, 15) is 18.0 Å². The van der Waals surface area contributed by atoms with E-state index in [0.29, 0.717) is 5.69 Å². The molecule has 4 N–H and O–H groups in total. The SMILES string of the molecule is C=C(CNc1nc(Nc2cccc(C)c2)c2c(n1)OCNC2=O)NCC(F)(F)F. The van der Waals surface area contributed by atoms with Crippen molar-refractivity contribution < 1.29 is 22.7 Å². The van der Waals surface area contributed by atoms with Crippen molar-refractivity contribution in [3.05, 3.63) is 47.7 Å². The zero-order valence-corrected chi connectivity index (χ0v) is 15.5. The first-order valence-electron chi connectivity index (χ1n) is 8.60. The van der Waals surface area contributed by atoms with Gasteiger partial charge >= 0.3 is 6.18 Å². The molecule has 3 rings (SSSR count). The molecule has 0 saturated heterocycles. The van der Waals surface area contributed by atoms with E-state index in [-0.39, 0.29) is 42.2 Å². The van der Waals surface area contributed by atoms with E-state index in [4.69, 9.17) is 4.74 Å². The summed E-state index contributed by atoms with van der Waals surface area (Å²) < 4.78 is 42.2. The van der Waals surface area contributed by atoms with Crippen LogP contribution >= 0.6 is 0 Å². The van der Waals surface area contributed by atoms with Gasteiger partial charge in [0, 0.05) is 11.4 Å². The van der Waals surface area contributed by atoms with Gasteiger partial charge in [-0.15, -0.1) is 0 Å². The molecule has 1 aromatic carbocycles. The average molecular weight is 408 g/mol. The van der Waals surface area contributed by atoms with E-state index in [1.54, 1.807) is 6.07 Å². The second-order valence-electron chi connectivity index (χ2n) is 6.29. The summed E-state index contributed by atoms with van der Waals surface area (Å²) in [6, 6.07) is 7.44. The Labute approximate surface area is 164 Å². The van der Waals surface area contributed by atoms with Crippen molar-refractivity contribution in [2.75, 3.05) is 30.5 Å². The third kappa shape index (κ3) is 5.50. The minimum Gasteiger partial charge on any atom is -0.456 e. The number of carbonyl (C=O) groups is 1. The number of hydrogen-bond acceptors (Lipinski definition) is 7. The maximum absolute atomic E-state index is 12.3. The summed E-state index contributed by atoms with van der Waals surface area (Å²) in [5.74, 6) is -0.0582. The van der Waals surface area contributed by atoms with Crippen LogP contribution in [0.15, 0.2) is 36.5 Å². The molecule has 0 spiro atoms. The summed E-state index contributed by atoms with van der Waals surface area (Å²) >= 11 is 0. The number of halogens is 3. The first kappa shape index (κ1) is 20.2. The van der Waals surface area contributed by atoms with Crippen molar-refractivity contribution in [3.63, 3.8) is 0 Å². The van der Waals surface area contributed by atoms with Gasteiger partial charge in [-0.1, -0.05) is 18.7 Å². The average Bonchev–Trinajstić information content (AvgIpc) is 2.64. The number of amides is 1. The summed E-state index contributed by atoms with van der Waals surface area (Å²) in [6.07, 6.45) is -4.35. The lowest BCUT2D eigenvalue weighted by Crippen LogP contribution is -2.34. The van der Waals surface area contributed by atoms with Crippen LogP contribution < -0.4 is 26.0 Å². The van der Waals surface area contributed by atoms with Crippen LogP contribution in [-0.2, 0) is 0 Å². The van der Waals surface area contributed by atoms with Crippen LogP contribution in [0.2, 0.25) is 0 Å². The Bertz CT molecular complexity index is 932. The van der Waals surface area contributed by atoms with Gasteiger partial charge in [0.25, 0.3) is 5.91 Å². The number of alkyl halides is 3. The molecule has 154 valence electrons. The van der Waals surface area contributed by atoms with Crippen molar-refractivity contribution in [3.8, 4) is 5.88 Å². The highest BCUT2D eigenvalue weighted by molar-refractivity contribution is 6.02. The summed E-state index contributed by atoms with van der Waals surface area (Å²) in [5, 5.41) is 10.6. The fraction of sp³-hybridized carbons (Fsp3) is 0.278. The first-order valence-corrected chi connectivity index (χ1v) is 8.60. The number of nitrogens with zero attached hydrogens (tertiary/aromatic N) is 2. The van der Waals surface area contributed by atoms with Crippen LogP contribution in [0.25, 0.3) is 0 Å². The van der Waals surface area contributed by atoms with E-state index in [1.165, 1.54) is 0 Å². The Morgan fingerprint density at radius 2 is 2.14 bits per heavy atom. The largest absolute Gasteiger partial charge is 0.456 e.